The van der Waals surface area contributed by atoms with Gasteiger partial charge in [-0.05, 0) is 60.3 Å². The fraction of sp³-hybridized carbons (Fsp3) is 0.133. The van der Waals surface area contributed by atoms with Gasteiger partial charge in [-0.2, -0.15) is 34.8 Å². The molecule has 6 nitrogen and oxygen atoms in total. The molecule has 0 spiro atoms. The average molecular weight is 460 g/mol. The molecule has 0 aliphatic heterocycles. The van der Waals surface area contributed by atoms with Gasteiger partial charge in [0, 0.05) is 16.3 Å². The Bertz CT molecular complexity index is 958. The Morgan fingerprint density at radius 3 is 1.69 bits per heavy atom. The van der Waals surface area contributed by atoms with Crippen molar-refractivity contribution in [3.05, 3.63) is 48.5 Å². The summed E-state index contributed by atoms with van der Waals surface area (Å²) in [6.45, 7) is 0. The molecule has 0 unspecified atom stereocenters. The maximum Gasteiger partial charge on any atom is 0.534 e. The first-order valence-electron chi connectivity index (χ1n) is 7.30. The van der Waals surface area contributed by atoms with Crippen molar-refractivity contribution in [3.8, 4) is 5.75 Å². The molecule has 2 amide bonds. The second-order valence-electron chi connectivity index (χ2n) is 5.16. The third-order valence-electron chi connectivity index (χ3n) is 2.95. The summed E-state index contributed by atoms with van der Waals surface area (Å²) in [7, 11) is -5.81. The van der Waals surface area contributed by atoms with E-state index in [2.05, 4.69) is 14.8 Å². The van der Waals surface area contributed by atoms with Crippen LogP contribution in [-0.2, 0) is 10.1 Å². The number of amides is 2. The Labute approximate surface area is 164 Å². The van der Waals surface area contributed by atoms with Crippen LogP contribution in [0.15, 0.2) is 53.4 Å². The van der Waals surface area contributed by atoms with E-state index in [1.165, 1.54) is 12.1 Å². The highest BCUT2D eigenvalue weighted by molar-refractivity contribution is 8.00. The van der Waals surface area contributed by atoms with Crippen LogP contribution in [0.3, 0.4) is 0 Å². The summed E-state index contributed by atoms with van der Waals surface area (Å²) in [6.07, 6.45) is 0. The summed E-state index contributed by atoms with van der Waals surface area (Å²) in [5.41, 5.74) is -9.76. The third-order valence-corrected chi connectivity index (χ3v) is 4.67. The van der Waals surface area contributed by atoms with Crippen molar-refractivity contribution in [1.29, 1.82) is 0 Å². The fourth-order valence-corrected chi connectivity index (χ4v) is 2.80. The lowest BCUT2D eigenvalue weighted by molar-refractivity contribution is -0.0500. The van der Waals surface area contributed by atoms with E-state index >= 15 is 0 Å². The summed E-state index contributed by atoms with van der Waals surface area (Å²) in [6, 6.07) is 7.96. The minimum atomic E-state index is -5.81. The first kappa shape index (κ1) is 22.7. The number of carbonyl (C=O) groups is 1. The van der Waals surface area contributed by atoms with Gasteiger partial charge in [0.15, 0.2) is 0 Å². The van der Waals surface area contributed by atoms with Crippen molar-refractivity contribution in [2.45, 2.75) is 15.9 Å². The molecule has 158 valence electrons. The monoisotopic (exact) mass is 460 g/mol. The summed E-state index contributed by atoms with van der Waals surface area (Å²) in [4.78, 5) is 11.8. The van der Waals surface area contributed by atoms with Gasteiger partial charge >= 0.3 is 27.2 Å². The topological polar surface area (TPSA) is 84.5 Å². The molecule has 0 bridgehead atoms. The highest BCUT2D eigenvalue weighted by Gasteiger charge is 2.48. The van der Waals surface area contributed by atoms with E-state index in [0.717, 1.165) is 36.4 Å². The molecular weight excluding hydrogens is 450 g/mol. The van der Waals surface area contributed by atoms with Crippen LogP contribution < -0.4 is 14.8 Å². The van der Waals surface area contributed by atoms with E-state index in [4.69, 9.17) is 0 Å². The number of nitrogens with one attached hydrogen (secondary N) is 2. The van der Waals surface area contributed by atoms with Crippen LogP contribution in [-0.4, -0.2) is 25.5 Å². The zero-order valence-corrected chi connectivity index (χ0v) is 15.5. The Morgan fingerprint density at radius 2 is 1.28 bits per heavy atom. The molecule has 0 saturated carbocycles. The van der Waals surface area contributed by atoms with E-state index in [-0.39, 0.29) is 28.0 Å². The van der Waals surface area contributed by atoms with Crippen LogP contribution >= 0.6 is 11.8 Å². The highest BCUT2D eigenvalue weighted by atomic mass is 32.2. The number of halogens is 6. The summed E-state index contributed by atoms with van der Waals surface area (Å²) >= 11 is -0.316. The third kappa shape index (κ3) is 7.05. The maximum absolute atomic E-state index is 12.3. The number of carbonyl (C=O) groups excluding carboxylic acids is 1. The molecule has 2 aromatic carbocycles. The molecule has 0 heterocycles. The van der Waals surface area contributed by atoms with Gasteiger partial charge in [-0.15, -0.1) is 0 Å². The van der Waals surface area contributed by atoms with Gasteiger partial charge in [0.05, 0.1) is 0 Å². The zero-order chi connectivity index (χ0) is 21.9. The fourth-order valence-electron chi connectivity index (χ4n) is 1.80. The van der Waals surface area contributed by atoms with Gasteiger partial charge in [-0.25, -0.2) is 4.79 Å². The number of anilines is 2. The van der Waals surface area contributed by atoms with Gasteiger partial charge in [0.25, 0.3) is 0 Å². The lowest BCUT2D eigenvalue weighted by atomic mass is 10.3. The van der Waals surface area contributed by atoms with Gasteiger partial charge in [0.1, 0.15) is 5.75 Å². The second kappa shape index (κ2) is 8.41. The SMILES string of the molecule is O=C(Nc1ccc(OS(=O)(=O)C(F)(F)F)cc1)Nc1ccc(SC(F)(F)F)cc1. The molecule has 29 heavy (non-hydrogen) atoms. The van der Waals surface area contributed by atoms with E-state index in [1.807, 2.05) is 0 Å². The first-order valence-corrected chi connectivity index (χ1v) is 9.52. The lowest BCUT2D eigenvalue weighted by Gasteiger charge is -2.11. The smallest absolute Gasteiger partial charge is 0.376 e. The molecule has 2 rings (SSSR count). The highest BCUT2D eigenvalue weighted by Crippen LogP contribution is 2.37. The van der Waals surface area contributed by atoms with Crippen LogP contribution in [0.4, 0.5) is 42.5 Å². The number of thioether (sulfide) groups is 1. The molecule has 0 atom stereocenters. The molecule has 0 saturated heterocycles. The molecule has 0 aliphatic carbocycles. The summed E-state index contributed by atoms with van der Waals surface area (Å²) < 4.78 is 99.2. The van der Waals surface area contributed by atoms with Gasteiger partial charge in [-0.3, -0.25) is 0 Å². The first-order chi connectivity index (χ1) is 13.2. The second-order valence-corrected chi connectivity index (χ2v) is 7.84. The van der Waals surface area contributed by atoms with Crippen molar-refractivity contribution in [3.63, 3.8) is 0 Å². The van der Waals surface area contributed by atoms with Gasteiger partial charge < -0.3 is 14.8 Å². The van der Waals surface area contributed by atoms with Gasteiger partial charge in [-0.1, -0.05) is 0 Å². The van der Waals surface area contributed by atoms with Crippen molar-refractivity contribution in [2.24, 2.45) is 0 Å². The van der Waals surface area contributed by atoms with Crippen molar-refractivity contribution in [2.75, 3.05) is 10.6 Å². The van der Waals surface area contributed by atoms with E-state index in [9.17, 15) is 39.6 Å². The number of hydrogen-bond donors (Lipinski definition) is 2. The largest absolute Gasteiger partial charge is 0.534 e. The standard InChI is InChI=1S/C15H10F6N2O4S2/c16-14(17,18)28-12-7-3-10(4-8-12)23-13(24)22-9-1-5-11(6-2-9)27-29(25,26)15(19,20)21/h1-8H,(H2,22,23,24). The minimum absolute atomic E-state index is 0.0761. The van der Waals surface area contributed by atoms with Crippen LogP contribution in [0.2, 0.25) is 0 Å². The lowest BCUT2D eigenvalue weighted by Crippen LogP contribution is -2.28. The maximum atomic E-state index is 12.3. The van der Waals surface area contributed by atoms with Crippen molar-refractivity contribution in [1.82, 2.24) is 0 Å². The number of urea groups is 1. The van der Waals surface area contributed by atoms with Crippen molar-refractivity contribution < 1.29 is 43.7 Å². The Balaban J connectivity index is 1.94. The van der Waals surface area contributed by atoms with E-state index < -0.39 is 32.9 Å². The van der Waals surface area contributed by atoms with Crippen LogP contribution in [0.1, 0.15) is 0 Å². The number of rotatable bonds is 5. The Kier molecular flexibility index (Phi) is 6.57. The van der Waals surface area contributed by atoms with E-state index in [1.54, 1.807) is 0 Å². The van der Waals surface area contributed by atoms with Crippen LogP contribution in [0.5, 0.6) is 5.75 Å². The number of hydrogen-bond acceptors (Lipinski definition) is 5. The molecule has 0 fully saturated rings. The number of alkyl halides is 6. The molecular formula is C15H10F6N2O4S2. The number of benzene rings is 2. The molecule has 0 aromatic heterocycles. The molecule has 2 N–H and O–H groups in total. The van der Waals surface area contributed by atoms with Gasteiger partial charge in [0.2, 0.25) is 0 Å². The van der Waals surface area contributed by atoms with Crippen LogP contribution in [0, 0.1) is 0 Å². The molecule has 0 aliphatic rings. The van der Waals surface area contributed by atoms with Crippen molar-refractivity contribution >= 4 is 39.3 Å². The molecule has 14 heteroatoms. The summed E-state index contributed by atoms with van der Waals surface area (Å²) in [5.74, 6) is -0.619. The molecule has 0 radical (unpaired) electrons. The predicted octanol–water partition coefficient (Wildman–Crippen LogP) is 5.17. The van der Waals surface area contributed by atoms with E-state index in [0.29, 0.717) is 0 Å². The Morgan fingerprint density at radius 1 is 0.828 bits per heavy atom. The minimum Gasteiger partial charge on any atom is -0.376 e. The normalized spacial score (nSPS) is 12.3. The quantitative estimate of drug-likeness (QED) is 0.278. The predicted molar refractivity (Wildman–Crippen MR) is 93.0 cm³/mol. The molecule has 2 aromatic rings. The average Bonchev–Trinajstić information content (AvgIpc) is 2.56. The Hall–Kier alpha value is -2.61. The zero-order valence-electron chi connectivity index (χ0n) is 13.8. The van der Waals surface area contributed by atoms with Crippen LogP contribution in [0.25, 0.3) is 0 Å². The summed E-state index contributed by atoms with van der Waals surface area (Å²) in [5, 5.41) is 4.64.